The van der Waals surface area contributed by atoms with E-state index in [1.165, 1.54) is 16.7 Å². The van der Waals surface area contributed by atoms with Gasteiger partial charge in [0.2, 0.25) is 0 Å². The van der Waals surface area contributed by atoms with E-state index in [1.54, 1.807) is 0 Å². The molecular formula is C14H19NO2. The Morgan fingerprint density at radius 2 is 2.12 bits per heavy atom. The molecule has 1 aromatic carbocycles. The molecule has 2 aliphatic rings. The lowest BCUT2D eigenvalue weighted by Crippen LogP contribution is -2.29. The van der Waals surface area contributed by atoms with Gasteiger partial charge in [-0.3, -0.25) is 0 Å². The van der Waals surface area contributed by atoms with Crippen molar-refractivity contribution < 1.29 is 9.47 Å². The molecule has 3 rings (SSSR count). The number of hydrogen-bond acceptors (Lipinski definition) is 3. The highest BCUT2D eigenvalue weighted by Gasteiger charge is 2.31. The Morgan fingerprint density at radius 3 is 2.88 bits per heavy atom. The SMILES string of the molecule is CC1CCOC1C(N)c1ccc2c(c1)COC2. The zero-order valence-electron chi connectivity index (χ0n) is 10.2. The Bertz CT molecular complexity index is 419. The van der Waals surface area contributed by atoms with Crippen molar-refractivity contribution in [3.05, 3.63) is 34.9 Å². The first-order valence-corrected chi connectivity index (χ1v) is 6.32. The van der Waals surface area contributed by atoms with Gasteiger partial charge in [0, 0.05) is 6.61 Å². The zero-order valence-corrected chi connectivity index (χ0v) is 10.2. The lowest BCUT2D eigenvalue weighted by molar-refractivity contribution is 0.0724. The molecule has 2 aliphatic heterocycles. The molecule has 3 unspecified atom stereocenters. The van der Waals surface area contributed by atoms with Crippen molar-refractivity contribution in [1.29, 1.82) is 0 Å². The summed E-state index contributed by atoms with van der Waals surface area (Å²) in [5, 5.41) is 0. The topological polar surface area (TPSA) is 44.5 Å². The second-order valence-corrected chi connectivity index (χ2v) is 5.15. The highest BCUT2D eigenvalue weighted by molar-refractivity contribution is 5.35. The van der Waals surface area contributed by atoms with E-state index in [4.69, 9.17) is 15.2 Å². The van der Waals surface area contributed by atoms with Gasteiger partial charge in [-0.15, -0.1) is 0 Å². The number of fused-ring (bicyclic) bond motifs is 1. The van der Waals surface area contributed by atoms with Crippen LogP contribution in [0.5, 0.6) is 0 Å². The normalized spacial score (nSPS) is 29.3. The van der Waals surface area contributed by atoms with Crippen molar-refractivity contribution in [2.24, 2.45) is 11.7 Å². The molecule has 1 fully saturated rings. The highest BCUT2D eigenvalue weighted by Crippen LogP contribution is 2.31. The van der Waals surface area contributed by atoms with Crippen LogP contribution in [0.15, 0.2) is 18.2 Å². The van der Waals surface area contributed by atoms with E-state index >= 15 is 0 Å². The average Bonchev–Trinajstić information content (AvgIpc) is 2.95. The first-order chi connectivity index (χ1) is 8.25. The molecule has 3 heteroatoms. The summed E-state index contributed by atoms with van der Waals surface area (Å²) in [4.78, 5) is 0. The zero-order chi connectivity index (χ0) is 11.8. The van der Waals surface area contributed by atoms with Gasteiger partial charge in [0.25, 0.3) is 0 Å². The quantitative estimate of drug-likeness (QED) is 0.851. The van der Waals surface area contributed by atoms with Gasteiger partial charge in [-0.2, -0.15) is 0 Å². The van der Waals surface area contributed by atoms with Crippen molar-refractivity contribution in [1.82, 2.24) is 0 Å². The fourth-order valence-corrected chi connectivity index (χ4v) is 2.77. The Balaban J connectivity index is 1.83. The Hall–Kier alpha value is -0.900. The van der Waals surface area contributed by atoms with Gasteiger partial charge in [-0.25, -0.2) is 0 Å². The predicted octanol–water partition coefficient (Wildman–Crippen LogP) is 2.14. The van der Waals surface area contributed by atoms with Crippen molar-refractivity contribution >= 4 is 0 Å². The summed E-state index contributed by atoms with van der Waals surface area (Å²) >= 11 is 0. The number of ether oxygens (including phenoxy) is 2. The summed E-state index contributed by atoms with van der Waals surface area (Å²) in [5.74, 6) is 0.550. The molecule has 0 bridgehead atoms. The van der Waals surface area contributed by atoms with Crippen LogP contribution in [0, 0.1) is 5.92 Å². The summed E-state index contributed by atoms with van der Waals surface area (Å²) < 4.78 is 11.2. The molecule has 92 valence electrons. The molecule has 3 atom stereocenters. The van der Waals surface area contributed by atoms with Crippen LogP contribution >= 0.6 is 0 Å². The smallest absolute Gasteiger partial charge is 0.0793 e. The van der Waals surface area contributed by atoms with Gasteiger partial charge in [0.15, 0.2) is 0 Å². The van der Waals surface area contributed by atoms with Gasteiger partial charge in [0.05, 0.1) is 25.4 Å². The standard InChI is InChI=1S/C14H19NO2/c1-9-4-5-17-14(9)13(15)10-2-3-11-7-16-8-12(11)6-10/h2-3,6,9,13-14H,4-5,7-8,15H2,1H3. The van der Waals surface area contributed by atoms with Crippen molar-refractivity contribution in [2.75, 3.05) is 6.61 Å². The van der Waals surface area contributed by atoms with Gasteiger partial charge in [-0.05, 0) is 29.0 Å². The molecule has 3 nitrogen and oxygen atoms in total. The number of nitrogens with two attached hydrogens (primary N) is 1. The first kappa shape index (κ1) is 11.2. The van der Waals surface area contributed by atoms with Crippen LogP contribution in [0.25, 0.3) is 0 Å². The second-order valence-electron chi connectivity index (χ2n) is 5.15. The van der Waals surface area contributed by atoms with E-state index in [0.717, 1.165) is 26.2 Å². The first-order valence-electron chi connectivity index (χ1n) is 6.32. The van der Waals surface area contributed by atoms with Crippen LogP contribution in [0.3, 0.4) is 0 Å². The Labute approximate surface area is 102 Å². The van der Waals surface area contributed by atoms with E-state index in [9.17, 15) is 0 Å². The molecule has 0 spiro atoms. The molecule has 2 heterocycles. The molecule has 1 aromatic rings. The van der Waals surface area contributed by atoms with Crippen LogP contribution in [-0.2, 0) is 22.7 Å². The number of benzene rings is 1. The Morgan fingerprint density at radius 1 is 1.29 bits per heavy atom. The molecule has 1 saturated heterocycles. The maximum atomic E-state index is 6.32. The van der Waals surface area contributed by atoms with Gasteiger partial charge >= 0.3 is 0 Å². The molecule has 17 heavy (non-hydrogen) atoms. The second kappa shape index (κ2) is 4.41. The number of rotatable bonds is 2. The maximum absolute atomic E-state index is 6.32. The summed E-state index contributed by atoms with van der Waals surface area (Å²) in [6.45, 7) is 4.51. The average molecular weight is 233 g/mol. The largest absolute Gasteiger partial charge is 0.376 e. The lowest BCUT2D eigenvalue weighted by Gasteiger charge is -2.23. The predicted molar refractivity (Wildman–Crippen MR) is 65.4 cm³/mol. The van der Waals surface area contributed by atoms with Crippen molar-refractivity contribution in [3.63, 3.8) is 0 Å². The molecular weight excluding hydrogens is 214 g/mol. The minimum Gasteiger partial charge on any atom is -0.376 e. The minimum atomic E-state index is -0.0154. The number of hydrogen-bond donors (Lipinski definition) is 1. The lowest BCUT2D eigenvalue weighted by atomic mass is 9.92. The third kappa shape index (κ3) is 1.99. The van der Waals surface area contributed by atoms with Gasteiger partial charge in [0.1, 0.15) is 0 Å². The minimum absolute atomic E-state index is 0.0154. The van der Waals surface area contributed by atoms with Crippen LogP contribution in [-0.4, -0.2) is 12.7 Å². The van der Waals surface area contributed by atoms with Gasteiger partial charge < -0.3 is 15.2 Å². The molecule has 0 aromatic heterocycles. The summed E-state index contributed by atoms with van der Waals surface area (Å²) in [5.41, 5.74) is 10.1. The van der Waals surface area contributed by atoms with E-state index in [1.807, 2.05) is 0 Å². The molecule has 0 saturated carbocycles. The fourth-order valence-electron chi connectivity index (χ4n) is 2.77. The summed E-state index contributed by atoms with van der Waals surface area (Å²) in [6, 6.07) is 6.42. The third-order valence-corrected chi connectivity index (χ3v) is 3.93. The third-order valence-electron chi connectivity index (χ3n) is 3.93. The summed E-state index contributed by atoms with van der Waals surface area (Å²) in [7, 11) is 0. The Kier molecular flexibility index (Phi) is 2.90. The fraction of sp³-hybridized carbons (Fsp3) is 0.571. The van der Waals surface area contributed by atoms with Crippen LogP contribution < -0.4 is 5.73 Å². The molecule has 2 N–H and O–H groups in total. The molecule has 0 radical (unpaired) electrons. The van der Waals surface area contributed by atoms with Gasteiger partial charge in [-0.1, -0.05) is 25.1 Å². The monoisotopic (exact) mass is 233 g/mol. The van der Waals surface area contributed by atoms with E-state index in [-0.39, 0.29) is 12.1 Å². The van der Waals surface area contributed by atoms with Crippen LogP contribution in [0.4, 0.5) is 0 Å². The van der Waals surface area contributed by atoms with Crippen molar-refractivity contribution in [3.8, 4) is 0 Å². The summed E-state index contributed by atoms with van der Waals surface area (Å²) in [6.07, 6.45) is 1.28. The van der Waals surface area contributed by atoms with E-state index < -0.39 is 0 Å². The van der Waals surface area contributed by atoms with Crippen molar-refractivity contribution in [2.45, 2.75) is 38.7 Å². The highest BCUT2D eigenvalue weighted by atomic mass is 16.5. The van der Waals surface area contributed by atoms with Crippen LogP contribution in [0.2, 0.25) is 0 Å². The maximum Gasteiger partial charge on any atom is 0.0793 e. The van der Waals surface area contributed by atoms with E-state index in [0.29, 0.717) is 5.92 Å². The van der Waals surface area contributed by atoms with E-state index in [2.05, 4.69) is 25.1 Å². The molecule has 0 amide bonds. The molecule has 0 aliphatic carbocycles. The van der Waals surface area contributed by atoms with Crippen LogP contribution in [0.1, 0.15) is 36.1 Å².